The van der Waals surface area contributed by atoms with Gasteiger partial charge in [-0.1, -0.05) is 13.8 Å². The van der Waals surface area contributed by atoms with Gasteiger partial charge in [0, 0.05) is 5.69 Å². The van der Waals surface area contributed by atoms with E-state index in [1.165, 1.54) is 20.7 Å². The summed E-state index contributed by atoms with van der Waals surface area (Å²) in [4.78, 5) is 14.3. The van der Waals surface area contributed by atoms with Crippen molar-refractivity contribution in [3.05, 3.63) is 72.2 Å². The zero-order valence-corrected chi connectivity index (χ0v) is 23.2. The van der Waals surface area contributed by atoms with Gasteiger partial charge >= 0.3 is 177 Å². The Bertz CT molecular complexity index is 1780. The normalized spacial score (nSPS) is 12.5. The van der Waals surface area contributed by atoms with E-state index < -0.39 is 13.3 Å². The van der Waals surface area contributed by atoms with Crippen LogP contribution in [0.1, 0.15) is 31.0 Å². The van der Waals surface area contributed by atoms with Gasteiger partial charge in [0.15, 0.2) is 0 Å². The third kappa shape index (κ3) is 3.54. The number of para-hydroxylation sites is 1. The molecule has 0 bridgehead atoms. The monoisotopic (exact) mass is 521 g/mol. The van der Waals surface area contributed by atoms with E-state index in [0.717, 1.165) is 44.2 Å². The SMILES string of the molecule is Cc1c[c]([Ge]([CH3])([CH3])[CH3])cc2ccc3c(-c4cccc5c4oc4nc(C(C)C)ccc45)ncnc3c12. The molecule has 0 aliphatic carbocycles. The van der Waals surface area contributed by atoms with Crippen LogP contribution in [-0.2, 0) is 0 Å². The van der Waals surface area contributed by atoms with Crippen molar-refractivity contribution in [3.8, 4) is 11.3 Å². The molecule has 0 spiro atoms. The fourth-order valence-corrected chi connectivity index (χ4v) is 7.64. The molecule has 6 rings (SSSR count). The topological polar surface area (TPSA) is 51.8 Å². The Balaban J connectivity index is 1.63. The molecule has 6 aromatic rings. The van der Waals surface area contributed by atoms with Crippen LogP contribution in [0.4, 0.5) is 0 Å². The first kappa shape index (κ1) is 22.2. The number of pyridine rings is 1. The molecule has 0 N–H and O–H groups in total. The van der Waals surface area contributed by atoms with Gasteiger partial charge in [0.05, 0.1) is 0 Å². The second-order valence-electron chi connectivity index (χ2n) is 10.9. The Kier molecular flexibility index (Phi) is 5.01. The Morgan fingerprint density at radius 3 is 2.43 bits per heavy atom. The molecule has 0 saturated carbocycles. The van der Waals surface area contributed by atoms with Gasteiger partial charge < -0.3 is 0 Å². The van der Waals surface area contributed by atoms with E-state index in [0.29, 0.717) is 11.6 Å². The summed E-state index contributed by atoms with van der Waals surface area (Å²) in [5.41, 5.74) is 6.67. The van der Waals surface area contributed by atoms with Crippen LogP contribution in [0.2, 0.25) is 17.3 Å². The van der Waals surface area contributed by atoms with Crippen molar-refractivity contribution in [2.45, 2.75) is 44.0 Å². The van der Waals surface area contributed by atoms with Crippen LogP contribution in [0.5, 0.6) is 0 Å². The van der Waals surface area contributed by atoms with Crippen LogP contribution in [0, 0.1) is 6.92 Å². The molecule has 3 aromatic carbocycles. The van der Waals surface area contributed by atoms with Crippen molar-refractivity contribution in [3.63, 3.8) is 0 Å². The number of hydrogen-bond acceptors (Lipinski definition) is 4. The molecule has 5 heteroatoms. The molecule has 0 amide bonds. The molecule has 0 saturated heterocycles. The van der Waals surface area contributed by atoms with Gasteiger partial charge in [0.2, 0.25) is 0 Å². The summed E-state index contributed by atoms with van der Waals surface area (Å²) in [6.07, 6.45) is 1.68. The molecule has 0 atom stereocenters. The molecule has 0 aliphatic heterocycles. The molecular weight excluding hydrogens is 491 g/mol. The number of furan rings is 1. The predicted octanol–water partition coefficient (Wildman–Crippen LogP) is 7.72. The summed E-state index contributed by atoms with van der Waals surface area (Å²) in [6.45, 7) is 6.50. The maximum absolute atomic E-state index is 6.38. The molecule has 3 aromatic heterocycles. The molecule has 0 fully saturated rings. The van der Waals surface area contributed by atoms with Gasteiger partial charge in [0.25, 0.3) is 0 Å². The van der Waals surface area contributed by atoms with Crippen molar-refractivity contribution >= 4 is 61.4 Å². The van der Waals surface area contributed by atoms with E-state index in [4.69, 9.17) is 19.4 Å². The first-order chi connectivity index (χ1) is 16.7. The summed E-state index contributed by atoms with van der Waals surface area (Å²) < 4.78 is 7.89. The van der Waals surface area contributed by atoms with Crippen LogP contribution < -0.4 is 4.40 Å². The number of benzene rings is 3. The van der Waals surface area contributed by atoms with E-state index in [9.17, 15) is 0 Å². The van der Waals surface area contributed by atoms with Gasteiger partial charge in [-0.15, -0.1) is 0 Å². The Labute approximate surface area is 207 Å². The van der Waals surface area contributed by atoms with Gasteiger partial charge in [0.1, 0.15) is 0 Å². The van der Waals surface area contributed by atoms with Crippen molar-refractivity contribution in [1.29, 1.82) is 0 Å². The fraction of sp³-hybridized carbons (Fsp3) is 0.233. The average Bonchev–Trinajstić information content (AvgIpc) is 3.20. The predicted molar refractivity (Wildman–Crippen MR) is 149 cm³/mol. The van der Waals surface area contributed by atoms with Crippen LogP contribution in [-0.4, -0.2) is 28.2 Å². The van der Waals surface area contributed by atoms with Crippen LogP contribution in [0.15, 0.2) is 65.3 Å². The third-order valence-corrected chi connectivity index (χ3v) is 11.3. The van der Waals surface area contributed by atoms with Crippen LogP contribution in [0.25, 0.3) is 55.0 Å². The second-order valence-corrected chi connectivity index (χ2v) is 21.5. The van der Waals surface area contributed by atoms with E-state index in [1.54, 1.807) is 6.33 Å². The molecule has 174 valence electrons. The van der Waals surface area contributed by atoms with E-state index in [2.05, 4.69) is 92.6 Å². The number of rotatable bonds is 3. The van der Waals surface area contributed by atoms with E-state index >= 15 is 0 Å². The average molecular weight is 520 g/mol. The second kappa shape index (κ2) is 7.89. The first-order valence-corrected chi connectivity index (χ1v) is 19.6. The Morgan fingerprint density at radius 2 is 1.66 bits per heavy atom. The van der Waals surface area contributed by atoms with Crippen LogP contribution in [0.3, 0.4) is 0 Å². The number of fused-ring (bicyclic) bond motifs is 6. The number of aryl methyl sites for hydroxylation is 1. The quantitative estimate of drug-likeness (QED) is 0.177. The zero-order chi connectivity index (χ0) is 24.5. The molecule has 4 nitrogen and oxygen atoms in total. The van der Waals surface area contributed by atoms with E-state index in [-0.39, 0.29) is 0 Å². The zero-order valence-electron chi connectivity index (χ0n) is 21.1. The minimum atomic E-state index is -1.95. The van der Waals surface area contributed by atoms with Gasteiger partial charge in [-0.3, -0.25) is 0 Å². The van der Waals surface area contributed by atoms with Crippen LogP contribution >= 0.6 is 0 Å². The molecule has 0 unspecified atom stereocenters. The number of hydrogen-bond donors (Lipinski definition) is 0. The standard InChI is InChI=1S/C30H29GeN3O/c1-17(2)25-13-12-22-21-8-7-9-24(29(21)35-30(22)34-25)27-23-11-10-19-15-20(31(4,5)6)14-18(3)26(19)28(23)33-16-32-27/h7-17H,1-6H3. The molecule has 0 radical (unpaired) electrons. The molecule has 3 heterocycles. The fourth-order valence-electron chi connectivity index (χ4n) is 5.04. The summed E-state index contributed by atoms with van der Waals surface area (Å²) >= 11 is -1.95. The number of nitrogens with zero attached hydrogens (tertiary/aromatic N) is 3. The summed E-state index contributed by atoms with van der Waals surface area (Å²) in [6, 6.07) is 19.6. The third-order valence-electron chi connectivity index (χ3n) is 7.01. The summed E-state index contributed by atoms with van der Waals surface area (Å²) in [5, 5.41) is 5.60. The van der Waals surface area contributed by atoms with Gasteiger partial charge in [-0.2, -0.15) is 0 Å². The van der Waals surface area contributed by atoms with E-state index in [1.807, 2.05) is 0 Å². The van der Waals surface area contributed by atoms with Crippen molar-refractivity contribution < 1.29 is 4.42 Å². The maximum atomic E-state index is 6.38. The van der Waals surface area contributed by atoms with Gasteiger partial charge in [-0.05, 0) is 12.0 Å². The van der Waals surface area contributed by atoms with Crippen molar-refractivity contribution in [1.82, 2.24) is 15.0 Å². The van der Waals surface area contributed by atoms with Gasteiger partial charge in [-0.25, -0.2) is 0 Å². The molecular formula is C30H29GeN3O. The minimum absolute atomic E-state index is 0.344. The number of aromatic nitrogens is 3. The van der Waals surface area contributed by atoms with Crippen molar-refractivity contribution in [2.24, 2.45) is 0 Å². The summed E-state index contributed by atoms with van der Waals surface area (Å²) in [7, 11) is 0. The first-order valence-electron chi connectivity index (χ1n) is 12.2. The Morgan fingerprint density at radius 1 is 0.857 bits per heavy atom. The summed E-state index contributed by atoms with van der Waals surface area (Å²) in [5.74, 6) is 7.66. The Hall–Kier alpha value is -3.25. The molecule has 35 heavy (non-hydrogen) atoms. The molecule has 0 aliphatic rings. The van der Waals surface area contributed by atoms with Crippen molar-refractivity contribution in [2.75, 3.05) is 0 Å².